The zero-order chi connectivity index (χ0) is 15.3. The van der Waals surface area contributed by atoms with Crippen LogP contribution in [0.4, 0.5) is 0 Å². The number of sulfonamides is 1. The number of nitrogens with one attached hydrogen (secondary N) is 2. The molecule has 1 aromatic rings. The van der Waals surface area contributed by atoms with Crippen molar-refractivity contribution in [2.24, 2.45) is 5.14 Å². The highest BCUT2D eigenvalue weighted by Gasteiger charge is 2.17. The van der Waals surface area contributed by atoms with E-state index >= 15 is 0 Å². The number of rotatable bonds is 6. The van der Waals surface area contributed by atoms with Crippen molar-refractivity contribution in [3.05, 3.63) is 29.8 Å². The van der Waals surface area contributed by atoms with Gasteiger partial charge < -0.3 is 5.32 Å². The van der Waals surface area contributed by atoms with Crippen molar-refractivity contribution in [1.29, 1.82) is 0 Å². The van der Waals surface area contributed by atoms with Crippen molar-refractivity contribution in [1.82, 2.24) is 10.6 Å². The maximum atomic E-state index is 11.6. The number of nitrogens with two attached hydrogens (primary N) is 1. The molecule has 0 spiro atoms. The standard InChI is InChI=1S/C13H21N3O3S/c1-4-15-13(17)10(3)16-9(2)11-6-5-7-12(8-11)20(14,18)19/h5-10,16H,4H2,1-3H3,(H,15,17)(H2,14,18,19). The van der Waals surface area contributed by atoms with Gasteiger partial charge in [0.1, 0.15) is 0 Å². The topological polar surface area (TPSA) is 101 Å². The first-order valence-corrected chi connectivity index (χ1v) is 7.97. The number of carbonyl (C=O) groups is 1. The molecule has 0 saturated carbocycles. The summed E-state index contributed by atoms with van der Waals surface area (Å²) >= 11 is 0. The van der Waals surface area contributed by atoms with Crippen LogP contribution in [0.25, 0.3) is 0 Å². The highest BCUT2D eigenvalue weighted by atomic mass is 32.2. The molecule has 0 aliphatic carbocycles. The highest BCUT2D eigenvalue weighted by molar-refractivity contribution is 7.89. The molecular formula is C13H21N3O3S. The fourth-order valence-electron chi connectivity index (χ4n) is 1.84. The summed E-state index contributed by atoms with van der Waals surface area (Å²) in [5, 5.41) is 10.9. The smallest absolute Gasteiger partial charge is 0.238 e. The number of carbonyl (C=O) groups excluding carboxylic acids is 1. The number of amides is 1. The van der Waals surface area contributed by atoms with E-state index < -0.39 is 10.0 Å². The van der Waals surface area contributed by atoms with Crippen LogP contribution in [0.2, 0.25) is 0 Å². The number of hydrogen-bond donors (Lipinski definition) is 3. The quantitative estimate of drug-likeness (QED) is 0.712. The van der Waals surface area contributed by atoms with Gasteiger partial charge in [-0.2, -0.15) is 0 Å². The molecule has 20 heavy (non-hydrogen) atoms. The van der Waals surface area contributed by atoms with Gasteiger partial charge in [0.15, 0.2) is 0 Å². The zero-order valence-corrected chi connectivity index (χ0v) is 12.7. The van der Waals surface area contributed by atoms with Crippen LogP contribution in [0.5, 0.6) is 0 Å². The maximum Gasteiger partial charge on any atom is 0.238 e. The van der Waals surface area contributed by atoms with Crippen LogP contribution in [0.15, 0.2) is 29.2 Å². The molecule has 0 fully saturated rings. The Hall–Kier alpha value is -1.44. The van der Waals surface area contributed by atoms with E-state index in [0.29, 0.717) is 6.54 Å². The maximum absolute atomic E-state index is 11.6. The summed E-state index contributed by atoms with van der Waals surface area (Å²) < 4.78 is 22.6. The third kappa shape index (κ3) is 4.59. The predicted molar refractivity (Wildman–Crippen MR) is 77.5 cm³/mol. The van der Waals surface area contributed by atoms with Crippen LogP contribution in [0, 0.1) is 0 Å². The van der Waals surface area contributed by atoms with Gasteiger partial charge in [0.05, 0.1) is 10.9 Å². The lowest BCUT2D eigenvalue weighted by Crippen LogP contribution is -2.43. The summed E-state index contributed by atoms with van der Waals surface area (Å²) in [5.74, 6) is -0.0954. The SMILES string of the molecule is CCNC(=O)C(C)NC(C)c1cccc(S(N)(=O)=O)c1. The third-order valence-corrected chi connectivity index (χ3v) is 3.84. The molecule has 1 rings (SSSR count). The first-order valence-electron chi connectivity index (χ1n) is 6.42. The number of hydrogen-bond acceptors (Lipinski definition) is 4. The van der Waals surface area contributed by atoms with E-state index in [1.165, 1.54) is 12.1 Å². The number of benzene rings is 1. The van der Waals surface area contributed by atoms with Crippen LogP contribution in [-0.2, 0) is 14.8 Å². The van der Waals surface area contributed by atoms with Crippen molar-refractivity contribution in [2.75, 3.05) is 6.54 Å². The van der Waals surface area contributed by atoms with Crippen LogP contribution in [0.3, 0.4) is 0 Å². The van der Waals surface area contributed by atoms with Crippen molar-refractivity contribution < 1.29 is 13.2 Å². The van der Waals surface area contributed by atoms with Gasteiger partial charge in [0, 0.05) is 12.6 Å². The van der Waals surface area contributed by atoms with Gasteiger partial charge in [0.2, 0.25) is 15.9 Å². The van der Waals surface area contributed by atoms with Gasteiger partial charge in [0.25, 0.3) is 0 Å². The molecule has 0 aliphatic heterocycles. The average molecular weight is 299 g/mol. The second kappa shape index (κ2) is 6.83. The Morgan fingerprint density at radius 2 is 2.00 bits per heavy atom. The minimum atomic E-state index is -3.72. The second-order valence-corrected chi connectivity index (χ2v) is 6.18. The minimum absolute atomic E-state index is 0.0642. The molecular weight excluding hydrogens is 278 g/mol. The molecule has 0 aromatic heterocycles. The fraction of sp³-hybridized carbons (Fsp3) is 0.462. The molecule has 0 radical (unpaired) electrons. The highest BCUT2D eigenvalue weighted by Crippen LogP contribution is 2.17. The number of primary sulfonamides is 1. The molecule has 0 bridgehead atoms. The molecule has 0 aliphatic rings. The second-order valence-electron chi connectivity index (χ2n) is 4.62. The molecule has 2 unspecified atom stereocenters. The van der Waals surface area contributed by atoms with Crippen LogP contribution in [-0.4, -0.2) is 26.9 Å². The first-order chi connectivity index (χ1) is 9.25. The average Bonchev–Trinajstić information content (AvgIpc) is 2.38. The summed E-state index contributed by atoms with van der Waals surface area (Å²) in [6.45, 7) is 6.03. The third-order valence-electron chi connectivity index (χ3n) is 2.93. The lowest BCUT2D eigenvalue weighted by atomic mass is 10.1. The molecule has 112 valence electrons. The van der Waals surface area contributed by atoms with Gasteiger partial charge in [-0.3, -0.25) is 10.1 Å². The van der Waals surface area contributed by atoms with Gasteiger partial charge in [-0.25, -0.2) is 13.6 Å². The zero-order valence-electron chi connectivity index (χ0n) is 11.9. The van der Waals surface area contributed by atoms with Crippen molar-refractivity contribution in [2.45, 2.75) is 37.8 Å². The Kier molecular flexibility index (Phi) is 5.67. The Balaban J connectivity index is 2.83. The molecule has 0 saturated heterocycles. The lowest BCUT2D eigenvalue weighted by Gasteiger charge is -2.20. The summed E-state index contributed by atoms with van der Waals surface area (Å²) in [6, 6.07) is 5.83. The lowest BCUT2D eigenvalue weighted by molar-refractivity contribution is -0.122. The van der Waals surface area contributed by atoms with Crippen LogP contribution >= 0.6 is 0 Å². The van der Waals surface area contributed by atoms with Crippen LogP contribution in [0.1, 0.15) is 32.4 Å². The summed E-state index contributed by atoms with van der Waals surface area (Å²) in [4.78, 5) is 11.7. The van der Waals surface area contributed by atoms with Gasteiger partial charge in [-0.05, 0) is 38.5 Å². The molecule has 6 nitrogen and oxygen atoms in total. The predicted octanol–water partition coefficient (Wildman–Crippen LogP) is 0.509. The summed E-state index contributed by atoms with van der Waals surface area (Å²) in [5.41, 5.74) is 0.757. The van der Waals surface area contributed by atoms with Crippen molar-refractivity contribution >= 4 is 15.9 Å². The monoisotopic (exact) mass is 299 g/mol. The Bertz CT molecular complexity index is 572. The van der Waals surface area contributed by atoms with Gasteiger partial charge in [-0.15, -0.1) is 0 Å². The summed E-state index contributed by atoms with van der Waals surface area (Å²) in [6.07, 6.45) is 0. The molecule has 4 N–H and O–H groups in total. The van der Waals surface area contributed by atoms with E-state index in [0.717, 1.165) is 5.56 Å². The van der Waals surface area contributed by atoms with Gasteiger partial charge >= 0.3 is 0 Å². The first kappa shape index (κ1) is 16.6. The molecule has 7 heteroatoms. The van der Waals surface area contributed by atoms with E-state index in [2.05, 4.69) is 10.6 Å². The van der Waals surface area contributed by atoms with E-state index in [9.17, 15) is 13.2 Å². The van der Waals surface area contributed by atoms with Crippen molar-refractivity contribution in [3.63, 3.8) is 0 Å². The fourth-order valence-corrected chi connectivity index (χ4v) is 2.40. The molecule has 0 heterocycles. The molecule has 2 atom stereocenters. The summed E-state index contributed by atoms with van der Waals surface area (Å²) in [7, 11) is -3.72. The normalized spacial score (nSPS) is 14.6. The van der Waals surface area contributed by atoms with Gasteiger partial charge in [-0.1, -0.05) is 12.1 Å². The Morgan fingerprint density at radius 1 is 1.35 bits per heavy atom. The molecule has 1 amide bonds. The van der Waals surface area contributed by atoms with E-state index in [1.54, 1.807) is 19.1 Å². The molecule has 1 aromatic carbocycles. The van der Waals surface area contributed by atoms with Crippen molar-refractivity contribution in [3.8, 4) is 0 Å². The van der Waals surface area contributed by atoms with E-state index in [-0.39, 0.29) is 22.9 Å². The van der Waals surface area contributed by atoms with E-state index in [1.807, 2.05) is 13.8 Å². The van der Waals surface area contributed by atoms with Crippen LogP contribution < -0.4 is 15.8 Å². The van der Waals surface area contributed by atoms with E-state index in [4.69, 9.17) is 5.14 Å². The Labute approximate surface area is 119 Å². The number of likely N-dealkylation sites (N-methyl/N-ethyl adjacent to an activating group) is 1. The largest absolute Gasteiger partial charge is 0.355 e. The Morgan fingerprint density at radius 3 is 2.55 bits per heavy atom. The minimum Gasteiger partial charge on any atom is -0.355 e.